The number of benzene rings is 2. The SMILES string of the molecule is COc1ccc(C(C)=O)cc1CSCC(=O)NCCN1C(=O)S/C(=C\c2ccccc2)C1=O. The minimum Gasteiger partial charge on any atom is -0.496 e. The van der Waals surface area contributed by atoms with Gasteiger partial charge in [-0.1, -0.05) is 30.3 Å². The Balaban J connectivity index is 1.45. The van der Waals surface area contributed by atoms with Gasteiger partial charge >= 0.3 is 0 Å². The molecule has 2 aromatic carbocycles. The molecule has 33 heavy (non-hydrogen) atoms. The van der Waals surface area contributed by atoms with Gasteiger partial charge in [0.15, 0.2) is 5.78 Å². The lowest BCUT2D eigenvalue weighted by atomic mass is 10.1. The number of hydrogen-bond donors (Lipinski definition) is 1. The molecule has 3 rings (SSSR count). The fraction of sp³-hybridized carbons (Fsp3) is 0.250. The first-order chi connectivity index (χ1) is 15.9. The largest absolute Gasteiger partial charge is 0.496 e. The molecular weight excluding hydrogens is 460 g/mol. The van der Waals surface area contributed by atoms with Gasteiger partial charge in [0, 0.05) is 30.0 Å². The number of Topliss-reactive ketones (excluding diaryl/α,β-unsaturated/α-hetero) is 1. The van der Waals surface area contributed by atoms with E-state index in [1.54, 1.807) is 31.4 Å². The van der Waals surface area contributed by atoms with Gasteiger partial charge in [-0.25, -0.2) is 0 Å². The second-order valence-electron chi connectivity index (χ2n) is 7.17. The molecule has 7 nitrogen and oxygen atoms in total. The number of methoxy groups -OCH3 is 1. The standard InChI is InChI=1S/C24H24N2O5S2/c1-16(27)18-8-9-20(31-2)19(13-18)14-32-15-22(28)25-10-11-26-23(29)21(33-24(26)30)12-17-6-4-3-5-7-17/h3-9,12-13H,10-11,14-15H2,1-2H3,(H,25,28)/b21-12-. The van der Waals surface area contributed by atoms with Gasteiger partial charge in [-0.2, -0.15) is 0 Å². The highest BCUT2D eigenvalue weighted by atomic mass is 32.2. The van der Waals surface area contributed by atoms with Crippen LogP contribution >= 0.6 is 23.5 Å². The van der Waals surface area contributed by atoms with E-state index in [9.17, 15) is 19.2 Å². The summed E-state index contributed by atoms with van der Waals surface area (Å²) in [6.45, 7) is 1.79. The molecule has 1 fully saturated rings. The molecule has 1 saturated heterocycles. The number of ketones is 1. The normalized spacial score (nSPS) is 14.6. The summed E-state index contributed by atoms with van der Waals surface area (Å²) in [6, 6.07) is 14.5. The topological polar surface area (TPSA) is 92.8 Å². The second kappa shape index (κ2) is 11.7. The maximum atomic E-state index is 12.5. The highest BCUT2D eigenvalue weighted by molar-refractivity contribution is 8.18. The van der Waals surface area contributed by atoms with Crippen LogP contribution in [-0.4, -0.2) is 53.7 Å². The Hall–Kier alpha value is -3.04. The molecule has 172 valence electrons. The van der Waals surface area contributed by atoms with Crippen molar-refractivity contribution in [2.75, 3.05) is 26.0 Å². The molecule has 3 amide bonds. The van der Waals surface area contributed by atoms with E-state index in [1.165, 1.54) is 18.7 Å². The summed E-state index contributed by atoms with van der Waals surface area (Å²) in [6.07, 6.45) is 1.69. The average Bonchev–Trinajstić information content (AvgIpc) is 3.07. The summed E-state index contributed by atoms with van der Waals surface area (Å²) in [4.78, 5) is 50.0. The number of ether oxygens (including phenoxy) is 1. The van der Waals surface area contributed by atoms with E-state index in [2.05, 4.69) is 5.32 Å². The number of imide groups is 1. The Kier molecular flexibility index (Phi) is 8.73. The Morgan fingerprint density at radius 3 is 2.61 bits per heavy atom. The number of rotatable bonds is 10. The van der Waals surface area contributed by atoms with Crippen molar-refractivity contribution in [1.29, 1.82) is 0 Å². The summed E-state index contributed by atoms with van der Waals surface area (Å²) in [5.74, 6) is 0.778. The van der Waals surface area contributed by atoms with E-state index in [-0.39, 0.29) is 41.7 Å². The first kappa shape index (κ1) is 24.6. The molecule has 1 aliphatic heterocycles. The molecule has 0 atom stereocenters. The maximum absolute atomic E-state index is 12.5. The van der Waals surface area contributed by atoms with Crippen LogP contribution in [-0.2, 0) is 15.3 Å². The summed E-state index contributed by atoms with van der Waals surface area (Å²) in [5, 5.41) is 2.40. The number of carbonyl (C=O) groups excluding carboxylic acids is 4. The summed E-state index contributed by atoms with van der Waals surface area (Å²) < 4.78 is 5.32. The molecule has 1 aliphatic rings. The zero-order chi connectivity index (χ0) is 23.8. The average molecular weight is 485 g/mol. The van der Waals surface area contributed by atoms with Crippen LogP contribution in [0.5, 0.6) is 5.75 Å². The maximum Gasteiger partial charge on any atom is 0.293 e. The molecule has 0 unspecified atom stereocenters. The fourth-order valence-electron chi connectivity index (χ4n) is 3.12. The van der Waals surface area contributed by atoms with E-state index in [4.69, 9.17) is 4.74 Å². The van der Waals surface area contributed by atoms with Crippen molar-refractivity contribution < 1.29 is 23.9 Å². The van der Waals surface area contributed by atoms with E-state index in [0.29, 0.717) is 22.0 Å². The Morgan fingerprint density at radius 1 is 1.15 bits per heavy atom. The molecule has 0 bridgehead atoms. The van der Waals surface area contributed by atoms with Crippen LogP contribution in [0, 0.1) is 0 Å². The van der Waals surface area contributed by atoms with Crippen molar-refractivity contribution in [3.63, 3.8) is 0 Å². The third-order valence-corrected chi connectivity index (χ3v) is 6.69. The van der Waals surface area contributed by atoms with E-state index >= 15 is 0 Å². The molecule has 0 spiro atoms. The number of carbonyl (C=O) groups is 4. The van der Waals surface area contributed by atoms with Crippen LogP contribution in [0.25, 0.3) is 6.08 Å². The van der Waals surface area contributed by atoms with Gasteiger partial charge in [0.2, 0.25) is 5.91 Å². The van der Waals surface area contributed by atoms with Gasteiger partial charge in [-0.3, -0.25) is 24.1 Å². The lowest BCUT2D eigenvalue weighted by Gasteiger charge is -2.13. The van der Waals surface area contributed by atoms with E-state index < -0.39 is 0 Å². The van der Waals surface area contributed by atoms with Gasteiger partial charge in [0.1, 0.15) is 5.75 Å². The molecule has 0 radical (unpaired) electrons. The highest BCUT2D eigenvalue weighted by Crippen LogP contribution is 2.31. The first-order valence-electron chi connectivity index (χ1n) is 10.2. The minimum absolute atomic E-state index is 0.0346. The quantitative estimate of drug-likeness (QED) is 0.403. The molecule has 9 heteroatoms. The summed E-state index contributed by atoms with van der Waals surface area (Å²) in [7, 11) is 1.56. The van der Waals surface area contributed by atoms with Gasteiger partial charge in [-0.05, 0) is 48.5 Å². The van der Waals surface area contributed by atoms with Gasteiger partial charge in [0.25, 0.3) is 11.1 Å². The minimum atomic E-state index is -0.352. The first-order valence-corrected chi connectivity index (χ1v) is 12.2. The smallest absolute Gasteiger partial charge is 0.293 e. The lowest BCUT2D eigenvalue weighted by Crippen LogP contribution is -2.37. The van der Waals surface area contributed by atoms with Crippen molar-refractivity contribution in [3.8, 4) is 5.75 Å². The van der Waals surface area contributed by atoms with E-state index in [0.717, 1.165) is 27.8 Å². The third-order valence-electron chi connectivity index (χ3n) is 4.81. The predicted molar refractivity (Wildman–Crippen MR) is 131 cm³/mol. The van der Waals surface area contributed by atoms with Crippen LogP contribution < -0.4 is 10.1 Å². The highest BCUT2D eigenvalue weighted by Gasteiger charge is 2.34. The van der Waals surface area contributed by atoms with Gasteiger partial charge < -0.3 is 10.1 Å². The van der Waals surface area contributed by atoms with Crippen molar-refractivity contribution in [1.82, 2.24) is 10.2 Å². The Morgan fingerprint density at radius 2 is 1.91 bits per heavy atom. The Labute approximate surface area is 200 Å². The van der Waals surface area contributed by atoms with Crippen molar-refractivity contribution in [2.45, 2.75) is 12.7 Å². The molecule has 0 saturated carbocycles. The van der Waals surface area contributed by atoms with Crippen LogP contribution in [0.4, 0.5) is 4.79 Å². The monoisotopic (exact) mass is 484 g/mol. The molecule has 1 heterocycles. The number of amides is 3. The molecule has 0 aliphatic carbocycles. The number of hydrogen-bond acceptors (Lipinski definition) is 7. The van der Waals surface area contributed by atoms with Gasteiger partial charge in [0.05, 0.1) is 17.8 Å². The second-order valence-corrected chi connectivity index (χ2v) is 9.15. The number of thioether (sulfide) groups is 2. The zero-order valence-corrected chi connectivity index (χ0v) is 20.0. The van der Waals surface area contributed by atoms with Crippen molar-refractivity contribution in [3.05, 3.63) is 70.1 Å². The van der Waals surface area contributed by atoms with Crippen LogP contribution in [0.1, 0.15) is 28.4 Å². The summed E-state index contributed by atoms with van der Waals surface area (Å²) in [5.41, 5.74) is 2.28. The van der Waals surface area contributed by atoms with Gasteiger partial charge in [-0.15, -0.1) is 11.8 Å². The number of nitrogens with zero attached hydrogens (tertiary/aromatic N) is 1. The molecule has 2 aromatic rings. The number of nitrogens with one attached hydrogen (secondary N) is 1. The predicted octanol–water partition coefficient (Wildman–Crippen LogP) is 3.98. The van der Waals surface area contributed by atoms with Crippen molar-refractivity contribution >= 4 is 52.4 Å². The van der Waals surface area contributed by atoms with Crippen LogP contribution in [0.2, 0.25) is 0 Å². The van der Waals surface area contributed by atoms with Crippen LogP contribution in [0.3, 0.4) is 0 Å². The molecule has 1 N–H and O–H groups in total. The Bertz CT molecular complexity index is 1090. The molecular formula is C24H24N2O5S2. The summed E-state index contributed by atoms with van der Waals surface area (Å²) >= 11 is 2.29. The fourth-order valence-corrected chi connectivity index (χ4v) is 4.82. The van der Waals surface area contributed by atoms with Crippen LogP contribution in [0.15, 0.2) is 53.4 Å². The molecule has 0 aromatic heterocycles. The lowest BCUT2D eigenvalue weighted by molar-refractivity contribution is -0.123. The zero-order valence-electron chi connectivity index (χ0n) is 18.3. The van der Waals surface area contributed by atoms with E-state index in [1.807, 2.05) is 30.3 Å². The third kappa shape index (κ3) is 6.72. The van der Waals surface area contributed by atoms with Crippen molar-refractivity contribution in [2.24, 2.45) is 0 Å².